The van der Waals surface area contributed by atoms with Gasteiger partial charge in [-0.3, -0.25) is 23.7 Å². The largest absolute Gasteiger partial charge is 0.378 e. The molecular weight excluding hydrogens is 560 g/mol. The number of hydroxylamine groups is 2. The van der Waals surface area contributed by atoms with E-state index in [9.17, 15) is 32.4 Å². The van der Waals surface area contributed by atoms with Gasteiger partial charge in [0.05, 0.1) is 39.3 Å². The Morgan fingerprint density at radius 2 is 1.37 bits per heavy atom. The Labute approximate surface area is 240 Å². The number of nitrogens with zero attached hydrogens (tertiary/aromatic N) is 1. The quantitative estimate of drug-likeness (QED) is 0.168. The third-order valence-corrected chi connectivity index (χ3v) is 9.08. The number of nitrogens with one attached hydrogen (secondary N) is 1. The van der Waals surface area contributed by atoms with E-state index in [0.29, 0.717) is 12.3 Å². The Morgan fingerprint density at radius 3 is 1.98 bits per heavy atom. The molecule has 1 aliphatic heterocycles. The maximum atomic E-state index is 13.0. The van der Waals surface area contributed by atoms with Crippen LogP contribution in [0.15, 0.2) is 0 Å². The molecule has 1 unspecified atom stereocenters. The number of rotatable bonds is 14. The van der Waals surface area contributed by atoms with Gasteiger partial charge >= 0.3 is 5.97 Å². The first-order valence-electron chi connectivity index (χ1n) is 14.6. The maximum absolute atomic E-state index is 13.0. The number of hydrogen-bond acceptors (Lipinski definition) is 10. The van der Waals surface area contributed by atoms with Crippen LogP contribution in [-0.4, -0.2) is 85.7 Å². The highest BCUT2D eigenvalue weighted by Gasteiger charge is 2.48. The molecule has 0 aromatic carbocycles. The zero-order valence-electron chi connectivity index (χ0n) is 23.4. The van der Waals surface area contributed by atoms with Gasteiger partial charge in [0, 0.05) is 24.3 Å². The molecule has 0 spiro atoms. The van der Waals surface area contributed by atoms with Gasteiger partial charge < -0.3 is 19.6 Å². The van der Waals surface area contributed by atoms with Crippen LogP contribution >= 0.6 is 0 Å². The smallest absolute Gasteiger partial charge is 0.335 e. The lowest BCUT2D eigenvalue weighted by molar-refractivity contribution is -0.198. The molecule has 3 fully saturated rings. The topological polar surface area (TPSA) is 183 Å². The van der Waals surface area contributed by atoms with Gasteiger partial charge in [-0.2, -0.15) is 8.42 Å². The third kappa shape index (κ3) is 10.4. The summed E-state index contributed by atoms with van der Waals surface area (Å²) in [5, 5.41) is 0.947. The molecule has 0 aromatic heterocycles. The minimum absolute atomic E-state index is 0.0157. The van der Waals surface area contributed by atoms with Crippen molar-refractivity contribution in [3.63, 3.8) is 0 Å². The highest BCUT2D eigenvalue weighted by Crippen LogP contribution is 2.34. The summed E-state index contributed by atoms with van der Waals surface area (Å²) in [5.41, 5.74) is 0. The van der Waals surface area contributed by atoms with E-state index in [1.807, 2.05) is 0 Å². The van der Waals surface area contributed by atoms with Gasteiger partial charge in [-0.1, -0.05) is 32.1 Å². The summed E-state index contributed by atoms with van der Waals surface area (Å²) in [7, 11) is -4.78. The molecule has 0 radical (unpaired) electrons. The van der Waals surface area contributed by atoms with Crippen molar-refractivity contribution in [3.05, 3.63) is 0 Å². The van der Waals surface area contributed by atoms with E-state index in [1.54, 1.807) is 0 Å². The fourth-order valence-corrected chi connectivity index (χ4v) is 6.34. The van der Waals surface area contributed by atoms with Crippen LogP contribution < -0.4 is 5.32 Å². The Hall–Kier alpha value is -2.42. The summed E-state index contributed by atoms with van der Waals surface area (Å²) in [6.07, 6.45) is 9.96. The van der Waals surface area contributed by atoms with Gasteiger partial charge in [0.15, 0.2) is 5.25 Å². The molecule has 14 heteroatoms. The van der Waals surface area contributed by atoms with Gasteiger partial charge in [-0.05, 0) is 38.5 Å². The number of Topliss-reactive ketones (excluding diaryl/α,β-unsaturated/α-hetero) is 1. The minimum atomic E-state index is -4.78. The monoisotopic (exact) mass is 602 g/mol. The number of carbonyl (C=O) groups excluding carboxylic acids is 5. The second-order valence-corrected chi connectivity index (χ2v) is 12.6. The first kappa shape index (κ1) is 33.1. The van der Waals surface area contributed by atoms with Gasteiger partial charge in [-0.25, -0.2) is 4.79 Å². The minimum Gasteiger partial charge on any atom is -0.378 e. The van der Waals surface area contributed by atoms with Gasteiger partial charge in [-0.15, -0.1) is 5.06 Å². The van der Waals surface area contributed by atoms with E-state index in [2.05, 4.69) is 10.2 Å². The Kier molecular flexibility index (Phi) is 13.1. The standard InChI is InChI=1S/C27H42N2O11S/c30-23-18-22(41(35,36)37)27(34)29(23)40-24(31)12-14-38-16-17-39-15-13-28-26(33)21-10-8-20(9-11-21)25(32)19-6-4-2-1-3-5-7-19/h19-22H,1-18H2,(H,28,33)(H,35,36,37). The molecule has 3 amide bonds. The highest BCUT2D eigenvalue weighted by atomic mass is 32.2. The van der Waals surface area contributed by atoms with Crippen molar-refractivity contribution in [1.82, 2.24) is 10.4 Å². The van der Waals surface area contributed by atoms with Crippen LogP contribution in [-0.2, 0) is 48.4 Å². The molecule has 0 bridgehead atoms. The van der Waals surface area contributed by atoms with Gasteiger partial charge in [0.2, 0.25) is 5.91 Å². The highest BCUT2D eigenvalue weighted by molar-refractivity contribution is 7.87. The van der Waals surface area contributed by atoms with E-state index >= 15 is 0 Å². The van der Waals surface area contributed by atoms with Crippen LogP contribution in [0.1, 0.15) is 83.5 Å². The molecule has 1 atom stereocenters. The van der Waals surface area contributed by atoms with E-state index < -0.39 is 39.6 Å². The fourth-order valence-electron chi connectivity index (χ4n) is 5.64. The summed E-state index contributed by atoms with van der Waals surface area (Å²) in [6, 6.07) is 0. The zero-order valence-corrected chi connectivity index (χ0v) is 24.2. The molecule has 13 nitrogen and oxygen atoms in total. The lowest BCUT2D eigenvalue weighted by Crippen LogP contribution is -2.37. The van der Waals surface area contributed by atoms with Crippen molar-refractivity contribution in [1.29, 1.82) is 0 Å². The van der Waals surface area contributed by atoms with E-state index in [4.69, 9.17) is 14.0 Å². The van der Waals surface area contributed by atoms with Crippen molar-refractivity contribution in [2.75, 3.05) is 33.0 Å². The molecule has 0 aromatic rings. The maximum Gasteiger partial charge on any atom is 0.335 e. The predicted molar refractivity (Wildman–Crippen MR) is 143 cm³/mol. The number of hydrogen-bond donors (Lipinski definition) is 2. The first-order valence-corrected chi connectivity index (χ1v) is 16.1. The van der Waals surface area contributed by atoms with Crippen LogP contribution in [0.3, 0.4) is 0 Å². The summed E-state index contributed by atoms with van der Waals surface area (Å²) < 4.78 is 41.8. The summed E-state index contributed by atoms with van der Waals surface area (Å²) >= 11 is 0. The number of ether oxygens (including phenoxy) is 2. The summed E-state index contributed by atoms with van der Waals surface area (Å²) in [4.78, 5) is 65.5. The molecule has 232 valence electrons. The molecule has 2 aliphatic carbocycles. The average Bonchev–Trinajstić information content (AvgIpc) is 3.20. The van der Waals surface area contributed by atoms with Crippen LogP contribution in [0.4, 0.5) is 0 Å². The van der Waals surface area contributed by atoms with E-state index in [1.165, 1.54) is 19.3 Å². The molecule has 2 N–H and O–H groups in total. The number of amides is 3. The van der Waals surface area contributed by atoms with Crippen molar-refractivity contribution >= 4 is 39.6 Å². The SMILES string of the molecule is O=C(CCOCCOCCNC(=O)C1CCC(C(=O)C2CCCCCCC2)CC1)ON1C(=O)CC(S(=O)(=O)O)C1=O. The second kappa shape index (κ2) is 16.3. The lowest BCUT2D eigenvalue weighted by atomic mass is 9.74. The molecule has 3 rings (SSSR count). The number of imide groups is 1. The Morgan fingerprint density at radius 1 is 0.805 bits per heavy atom. The van der Waals surface area contributed by atoms with Crippen molar-refractivity contribution in [2.24, 2.45) is 17.8 Å². The molecule has 41 heavy (non-hydrogen) atoms. The lowest BCUT2D eigenvalue weighted by Gasteiger charge is -2.30. The first-order chi connectivity index (χ1) is 19.6. The Balaban J connectivity index is 1.19. The van der Waals surface area contributed by atoms with Crippen LogP contribution in [0.5, 0.6) is 0 Å². The van der Waals surface area contributed by atoms with Crippen molar-refractivity contribution in [2.45, 2.75) is 88.7 Å². The summed E-state index contributed by atoms with van der Waals surface area (Å²) in [5.74, 6) is -2.73. The molecule has 1 heterocycles. The molecule has 2 saturated carbocycles. The van der Waals surface area contributed by atoms with Crippen molar-refractivity contribution in [3.8, 4) is 0 Å². The zero-order chi connectivity index (χ0) is 29.8. The summed E-state index contributed by atoms with van der Waals surface area (Å²) in [6.45, 7) is 0.878. The second-order valence-electron chi connectivity index (χ2n) is 11.0. The molecular formula is C27H42N2O11S. The number of ketones is 1. The fraction of sp³-hybridized carbons (Fsp3) is 0.815. The Bertz CT molecular complexity index is 1030. The van der Waals surface area contributed by atoms with Crippen LogP contribution in [0.2, 0.25) is 0 Å². The van der Waals surface area contributed by atoms with E-state index in [-0.39, 0.29) is 61.6 Å². The third-order valence-electron chi connectivity index (χ3n) is 7.99. The van der Waals surface area contributed by atoms with E-state index in [0.717, 1.165) is 51.4 Å². The normalized spacial score (nSPS) is 24.5. The molecule has 1 saturated heterocycles. The predicted octanol–water partition coefficient (Wildman–Crippen LogP) is 1.74. The average molecular weight is 603 g/mol. The molecule has 3 aliphatic rings. The van der Waals surface area contributed by atoms with Gasteiger partial charge in [0.1, 0.15) is 5.78 Å². The van der Waals surface area contributed by atoms with Crippen molar-refractivity contribution < 1.29 is 51.3 Å². The van der Waals surface area contributed by atoms with Gasteiger partial charge in [0.25, 0.3) is 21.9 Å². The number of carbonyl (C=O) groups is 5. The van der Waals surface area contributed by atoms with Crippen LogP contribution in [0, 0.1) is 17.8 Å². The van der Waals surface area contributed by atoms with Crippen LogP contribution in [0.25, 0.3) is 0 Å².